The highest BCUT2D eigenvalue weighted by Crippen LogP contribution is 2.24. The highest BCUT2D eigenvalue weighted by Gasteiger charge is 2.26. The lowest BCUT2D eigenvalue weighted by Crippen LogP contribution is -2.41. The minimum Gasteiger partial charge on any atom is -0.353 e. The summed E-state index contributed by atoms with van der Waals surface area (Å²) in [5, 5.41) is 5.92. The number of benzene rings is 1. The Bertz CT molecular complexity index is 827. The minimum absolute atomic E-state index is 0.0538. The molecule has 27 heavy (non-hydrogen) atoms. The summed E-state index contributed by atoms with van der Waals surface area (Å²) in [6.45, 7) is 4.26. The Kier molecular flexibility index (Phi) is 6.19. The van der Waals surface area contributed by atoms with Crippen molar-refractivity contribution in [3.63, 3.8) is 0 Å². The van der Waals surface area contributed by atoms with E-state index in [4.69, 9.17) is 11.6 Å². The van der Waals surface area contributed by atoms with E-state index >= 15 is 0 Å². The second kappa shape index (κ2) is 8.59. The fraction of sp³-hybridized carbons (Fsp3) is 0.400. The molecular weight excluding hydrogens is 364 g/mol. The third kappa shape index (κ3) is 4.70. The van der Waals surface area contributed by atoms with Crippen LogP contribution >= 0.6 is 11.6 Å². The van der Waals surface area contributed by atoms with Crippen molar-refractivity contribution in [2.24, 2.45) is 7.05 Å². The molecule has 0 radical (unpaired) electrons. The van der Waals surface area contributed by atoms with Gasteiger partial charge in [0.25, 0.3) is 0 Å². The van der Waals surface area contributed by atoms with Gasteiger partial charge in [-0.1, -0.05) is 17.7 Å². The average molecular weight is 389 g/mol. The van der Waals surface area contributed by atoms with Gasteiger partial charge in [-0.05, 0) is 62.7 Å². The molecule has 6 nitrogen and oxygen atoms in total. The van der Waals surface area contributed by atoms with Crippen molar-refractivity contribution in [1.29, 1.82) is 0 Å². The van der Waals surface area contributed by atoms with Gasteiger partial charge in [0.1, 0.15) is 0 Å². The van der Waals surface area contributed by atoms with E-state index in [0.29, 0.717) is 17.3 Å². The number of nitrogens with one attached hydrogen (secondary N) is 2. The van der Waals surface area contributed by atoms with E-state index in [1.807, 2.05) is 26.2 Å². The lowest BCUT2D eigenvalue weighted by Gasteiger charge is -2.28. The lowest BCUT2D eigenvalue weighted by atomic mass is 10.1. The first kappa shape index (κ1) is 19.5. The van der Waals surface area contributed by atoms with Gasteiger partial charge in [0, 0.05) is 36.2 Å². The van der Waals surface area contributed by atoms with Crippen molar-refractivity contribution in [1.82, 2.24) is 14.8 Å². The Hall–Kier alpha value is -2.31. The van der Waals surface area contributed by atoms with Gasteiger partial charge >= 0.3 is 11.8 Å². The molecule has 1 aromatic heterocycles. The largest absolute Gasteiger partial charge is 0.353 e. The molecule has 2 amide bonds. The Morgan fingerprint density at radius 3 is 2.56 bits per heavy atom. The van der Waals surface area contributed by atoms with Gasteiger partial charge in [-0.3, -0.25) is 14.5 Å². The molecule has 7 heteroatoms. The van der Waals surface area contributed by atoms with E-state index in [0.717, 1.165) is 37.2 Å². The first-order chi connectivity index (χ1) is 13.0. The molecule has 2 heterocycles. The molecule has 2 N–H and O–H groups in total. The molecule has 1 aliphatic heterocycles. The monoisotopic (exact) mass is 388 g/mol. The first-order valence-corrected chi connectivity index (χ1v) is 9.54. The van der Waals surface area contributed by atoms with E-state index in [1.165, 1.54) is 0 Å². The molecule has 144 valence electrons. The lowest BCUT2D eigenvalue weighted by molar-refractivity contribution is -0.136. The second-order valence-corrected chi connectivity index (χ2v) is 7.34. The van der Waals surface area contributed by atoms with E-state index in [9.17, 15) is 9.59 Å². The molecular formula is C20H25ClN4O2. The fourth-order valence-corrected chi connectivity index (χ4v) is 3.60. The Labute approximate surface area is 164 Å². The van der Waals surface area contributed by atoms with Crippen LogP contribution in [0.3, 0.4) is 0 Å². The number of carbonyl (C=O) groups excluding carboxylic acids is 2. The number of hydrogen-bond acceptors (Lipinski definition) is 3. The van der Waals surface area contributed by atoms with Gasteiger partial charge in [0.2, 0.25) is 0 Å². The standard InChI is InChI=1S/C20H25ClN4O2/c1-14-7-8-15(12-16(14)21)23-20(27)19(26)22-13-18(25-10-3-4-11-25)17-6-5-9-24(17)2/h5-9,12,18H,3-4,10-11,13H2,1-2H3,(H,22,26)(H,23,27). The second-order valence-electron chi connectivity index (χ2n) is 6.93. The van der Waals surface area contributed by atoms with Crippen molar-refractivity contribution in [2.75, 3.05) is 25.0 Å². The smallest absolute Gasteiger partial charge is 0.313 e. The van der Waals surface area contributed by atoms with Crippen molar-refractivity contribution < 1.29 is 9.59 Å². The van der Waals surface area contributed by atoms with Crippen LogP contribution < -0.4 is 10.6 Å². The highest BCUT2D eigenvalue weighted by atomic mass is 35.5. The van der Waals surface area contributed by atoms with Gasteiger partial charge in [-0.15, -0.1) is 0 Å². The van der Waals surface area contributed by atoms with Gasteiger partial charge in [-0.2, -0.15) is 0 Å². The molecule has 1 aliphatic rings. The first-order valence-electron chi connectivity index (χ1n) is 9.16. The number of carbonyl (C=O) groups is 2. The fourth-order valence-electron chi connectivity index (χ4n) is 3.42. The highest BCUT2D eigenvalue weighted by molar-refractivity contribution is 6.39. The van der Waals surface area contributed by atoms with Crippen molar-refractivity contribution in [3.8, 4) is 0 Å². The average Bonchev–Trinajstić information content (AvgIpc) is 3.31. The van der Waals surface area contributed by atoms with Crippen LogP contribution in [0.4, 0.5) is 5.69 Å². The molecule has 0 bridgehead atoms. The van der Waals surface area contributed by atoms with Crippen LogP contribution in [-0.2, 0) is 16.6 Å². The zero-order valence-corrected chi connectivity index (χ0v) is 16.4. The summed E-state index contributed by atoms with van der Waals surface area (Å²) < 4.78 is 2.06. The zero-order valence-electron chi connectivity index (χ0n) is 15.7. The summed E-state index contributed by atoms with van der Waals surface area (Å²) in [5.41, 5.74) is 2.54. The number of aromatic nitrogens is 1. The molecule has 1 aromatic carbocycles. The van der Waals surface area contributed by atoms with Crippen molar-refractivity contribution in [2.45, 2.75) is 25.8 Å². The third-order valence-electron chi connectivity index (χ3n) is 5.00. The van der Waals surface area contributed by atoms with Crippen LogP contribution in [0.5, 0.6) is 0 Å². The van der Waals surface area contributed by atoms with Crippen LogP contribution in [0.25, 0.3) is 0 Å². The van der Waals surface area contributed by atoms with E-state index < -0.39 is 11.8 Å². The van der Waals surface area contributed by atoms with Gasteiger partial charge in [0.15, 0.2) is 0 Å². The summed E-state index contributed by atoms with van der Waals surface area (Å²) in [4.78, 5) is 26.9. The zero-order chi connectivity index (χ0) is 19.4. The number of likely N-dealkylation sites (tertiary alicyclic amines) is 1. The summed E-state index contributed by atoms with van der Waals surface area (Å²) in [5.74, 6) is -1.34. The normalized spacial score (nSPS) is 15.5. The summed E-state index contributed by atoms with van der Waals surface area (Å²) in [6.07, 6.45) is 4.31. The number of hydrogen-bond donors (Lipinski definition) is 2. The minimum atomic E-state index is -0.693. The van der Waals surface area contributed by atoms with E-state index in [-0.39, 0.29) is 6.04 Å². The van der Waals surface area contributed by atoms with Crippen LogP contribution in [-0.4, -0.2) is 40.9 Å². The van der Waals surface area contributed by atoms with Gasteiger partial charge < -0.3 is 15.2 Å². The van der Waals surface area contributed by atoms with Crippen LogP contribution in [0.1, 0.15) is 30.1 Å². The Balaban J connectivity index is 1.62. The molecule has 1 atom stereocenters. The molecule has 3 rings (SSSR count). The predicted molar refractivity (Wildman–Crippen MR) is 107 cm³/mol. The number of rotatable bonds is 5. The van der Waals surface area contributed by atoms with Crippen molar-refractivity contribution >= 4 is 29.1 Å². The number of amides is 2. The predicted octanol–water partition coefficient (Wildman–Crippen LogP) is 2.88. The molecule has 0 saturated carbocycles. The number of aryl methyl sites for hydroxylation is 2. The summed E-state index contributed by atoms with van der Waals surface area (Å²) in [6, 6.07) is 9.27. The SMILES string of the molecule is Cc1ccc(NC(=O)C(=O)NCC(c2cccn2C)N2CCCC2)cc1Cl. The third-order valence-corrected chi connectivity index (χ3v) is 5.41. The van der Waals surface area contributed by atoms with Crippen LogP contribution in [0.15, 0.2) is 36.5 Å². The summed E-state index contributed by atoms with van der Waals surface area (Å²) in [7, 11) is 1.99. The van der Waals surface area contributed by atoms with Crippen LogP contribution in [0.2, 0.25) is 5.02 Å². The number of halogens is 1. The Morgan fingerprint density at radius 1 is 1.19 bits per heavy atom. The molecule has 1 unspecified atom stereocenters. The molecule has 2 aromatic rings. The number of anilines is 1. The van der Waals surface area contributed by atoms with E-state index in [1.54, 1.807) is 18.2 Å². The number of nitrogens with zero attached hydrogens (tertiary/aromatic N) is 2. The maximum atomic E-state index is 12.3. The van der Waals surface area contributed by atoms with Crippen LogP contribution in [0, 0.1) is 6.92 Å². The molecule has 1 fully saturated rings. The molecule has 0 spiro atoms. The summed E-state index contributed by atoms with van der Waals surface area (Å²) >= 11 is 6.06. The van der Waals surface area contributed by atoms with Gasteiger partial charge in [-0.25, -0.2) is 0 Å². The topological polar surface area (TPSA) is 66.4 Å². The Morgan fingerprint density at radius 2 is 1.93 bits per heavy atom. The maximum Gasteiger partial charge on any atom is 0.313 e. The quantitative estimate of drug-likeness (QED) is 0.774. The molecule has 0 aliphatic carbocycles. The maximum absolute atomic E-state index is 12.3. The molecule has 1 saturated heterocycles. The van der Waals surface area contributed by atoms with Crippen molar-refractivity contribution in [3.05, 3.63) is 52.8 Å². The van der Waals surface area contributed by atoms with E-state index in [2.05, 4.69) is 26.2 Å². The van der Waals surface area contributed by atoms with Gasteiger partial charge in [0.05, 0.1) is 6.04 Å².